The van der Waals surface area contributed by atoms with Crippen molar-refractivity contribution in [3.63, 3.8) is 0 Å². The molecule has 4 atom stereocenters. The Kier molecular flexibility index (Phi) is 7.09. The van der Waals surface area contributed by atoms with Gasteiger partial charge in [-0.25, -0.2) is 0 Å². The number of nitrogens with one attached hydrogen (secondary N) is 1. The van der Waals surface area contributed by atoms with Crippen LogP contribution in [0, 0.1) is 23.2 Å². The van der Waals surface area contributed by atoms with Gasteiger partial charge in [0, 0.05) is 38.9 Å². The largest absolute Gasteiger partial charge is 0.333 e. The number of nitrogens with zero attached hydrogens (tertiary/aromatic N) is 6. The van der Waals surface area contributed by atoms with Crippen LogP contribution in [0.25, 0.3) is 0 Å². The topological polar surface area (TPSA) is 124 Å². The number of carbonyl (C=O) groups excluding carboxylic acids is 3. The summed E-state index contributed by atoms with van der Waals surface area (Å²) in [5, 5.41) is 21.1. The Morgan fingerprint density at radius 1 is 1.27 bits per heavy atom. The van der Waals surface area contributed by atoms with Crippen molar-refractivity contribution in [1.82, 2.24) is 24.8 Å². The second-order valence-electron chi connectivity index (χ2n) is 11.0. The van der Waals surface area contributed by atoms with E-state index in [1.807, 2.05) is 52.0 Å². The highest BCUT2D eigenvalue weighted by molar-refractivity contribution is 6.07. The van der Waals surface area contributed by atoms with Gasteiger partial charge in [-0.3, -0.25) is 19.1 Å². The van der Waals surface area contributed by atoms with E-state index in [0.29, 0.717) is 17.8 Å². The summed E-state index contributed by atoms with van der Waals surface area (Å²) >= 11 is 0. The Hall–Kier alpha value is -3.74. The number of benzene rings is 1. The van der Waals surface area contributed by atoms with Gasteiger partial charge in [-0.05, 0) is 29.9 Å². The van der Waals surface area contributed by atoms with Crippen LogP contribution in [0.2, 0.25) is 0 Å². The Balaban J connectivity index is 1.66. The third-order valence-electron chi connectivity index (χ3n) is 7.58. The van der Waals surface area contributed by atoms with E-state index < -0.39 is 23.4 Å². The highest BCUT2D eigenvalue weighted by Crippen LogP contribution is 2.46. The molecule has 10 nitrogen and oxygen atoms in total. The molecule has 0 bridgehead atoms. The molecule has 2 aliphatic rings. The number of hydrogen-bond acceptors (Lipinski definition) is 6. The average Bonchev–Trinajstić information content (AvgIpc) is 3.53. The van der Waals surface area contributed by atoms with Crippen LogP contribution in [-0.4, -0.2) is 68.2 Å². The summed E-state index contributed by atoms with van der Waals surface area (Å²) in [6.45, 7) is 7.97. The van der Waals surface area contributed by atoms with Gasteiger partial charge in [-0.15, -0.1) is 5.10 Å². The molecule has 37 heavy (non-hydrogen) atoms. The molecule has 1 aromatic heterocycles. The van der Waals surface area contributed by atoms with Gasteiger partial charge < -0.3 is 15.1 Å². The van der Waals surface area contributed by atoms with E-state index in [2.05, 4.69) is 21.7 Å². The van der Waals surface area contributed by atoms with Crippen molar-refractivity contribution in [3.8, 4) is 6.07 Å². The van der Waals surface area contributed by atoms with Gasteiger partial charge in [-0.1, -0.05) is 51.1 Å². The second-order valence-corrected chi connectivity index (χ2v) is 11.0. The summed E-state index contributed by atoms with van der Waals surface area (Å²) < 4.78 is 1.56. The zero-order chi connectivity index (χ0) is 27.1. The normalized spacial score (nSPS) is 22.2. The van der Waals surface area contributed by atoms with Crippen molar-refractivity contribution in [2.24, 2.45) is 18.9 Å². The smallest absolute Gasteiger partial charge is 0.246 e. The first-order valence-electron chi connectivity index (χ1n) is 12.7. The predicted molar refractivity (Wildman–Crippen MR) is 137 cm³/mol. The van der Waals surface area contributed by atoms with Gasteiger partial charge in [0.05, 0.1) is 23.1 Å². The molecule has 2 aliphatic heterocycles. The molecule has 2 aromatic rings. The minimum atomic E-state index is -0.974. The van der Waals surface area contributed by atoms with Gasteiger partial charge >= 0.3 is 0 Å². The van der Waals surface area contributed by atoms with Crippen LogP contribution in [0.15, 0.2) is 30.5 Å². The molecular weight excluding hydrogens is 470 g/mol. The van der Waals surface area contributed by atoms with Gasteiger partial charge in [0.1, 0.15) is 12.1 Å². The number of fused-ring (bicyclic) bond motifs is 2. The Labute approximate surface area is 217 Å². The molecule has 1 saturated heterocycles. The molecule has 1 N–H and O–H groups in total. The second kappa shape index (κ2) is 9.96. The predicted octanol–water partition coefficient (Wildman–Crippen LogP) is 2.44. The summed E-state index contributed by atoms with van der Waals surface area (Å²) in [6, 6.07) is 8.11. The minimum absolute atomic E-state index is 0.0675. The summed E-state index contributed by atoms with van der Waals surface area (Å²) in [5.74, 6) is -1.25. The van der Waals surface area contributed by atoms with Crippen LogP contribution in [0.4, 0.5) is 5.69 Å². The van der Waals surface area contributed by atoms with Crippen molar-refractivity contribution in [2.75, 3.05) is 18.9 Å². The molecule has 1 spiro atoms. The number of anilines is 1. The first-order valence-corrected chi connectivity index (χ1v) is 12.7. The molecule has 10 heteroatoms. The van der Waals surface area contributed by atoms with Crippen LogP contribution in [0.1, 0.15) is 57.7 Å². The fourth-order valence-electron chi connectivity index (χ4n) is 5.68. The zero-order valence-electron chi connectivity index (χ0n) is 22.3. The summed E-state index contributed by atoms with van der Waals surface area (Å²) in [6.07, 6.45) is 2.37. The number of likely N-dealkylation sites (tertiary alicyclic amines) is 1. The molecule has 1 fully saturated rings. The summed E-state index contributed by atoms with van der Waals surface area (Å²) in [4.78, 5) is 44.1. The molecule has 0 unspecified atom stereocenters. The fraction of sp³-hybridized carbons (Fsp3) is 0.556. The van der Waals surface area contributed by atoms with Crippen molar-refractivity contribution >= 4 is 23.4 Å². The van der Waals surface area contributed by atoms with Crippen LogP contribution in [0.5, 0.6) is 0 Å². The molecular formula is C27H35N7O3. The van der Waals surface area contributed by atoms with Crippen LogP contribution >= 0.6 is 0 Å². The van der Waals surface area contributed by atoms with Gasteiger partial charge in [0.15, 0.2) is 0 Å². The Bertz CT molecular complexity index is 1250. The molecule has 1 aromatic carbocycles. The molecule has 3 amide bonds. The van der Waals surface area contributed by atoms with Crippen LogP contribution in [-0.2, 0) is 26.8 Å². The SMILES string of the molecule is CC(C)C[C@@H](C(=O)N1C[C@]2(C[C@H]1C#N)C(=O)Nc1ccccc12)N(C)C(=O)[C@@H](c1cn(C)nn1)C(C)C. The van der Waals surface area contributed by atoms with E-state index in [-0.39, 0.29) is 42.5 Å². The van der Waals surface area contributed by atoms with E-state index in [0.717, 1.165) is 5.56 Å². The number of rotatable bonds is 7. The fourth-order valence-corrected chi connectivity index (χ4v) is 5.68. The number of nitriles is 1. The van der Waals surface area contributed by atoms with Crippen molar-refractivity contribution in [3.05, 3.63) is 41.7 Å². The number of hydrogen-bond donors (Lipinski definition) is 1. The Morgan fingerprint density at radius 3 is 2.57 bits per heavy atom. The average molecular weight is 506 g/mol. The van der Waals surface area contributed by atoms with Crippen LogP contribution < -0.4 is 5.32 Å². The van der Waals surface area contributed by atoms with E-state index in [1.165, 1.54) is 9.80 Å². The molecule has 4 rings (SSSR count). The standard InChI is InChI=1S/C27H35N7O3/c1-16(2)11-22(33(6)25(36)23(17(3)4)21-14-32(5)31-30-21)24(35)34-15-27(12-18(34)13-28)19-9-7-8-10-20(19)29-26(27)37/h7-10,14,16-18,22-23H,11-12,15H2,1-6H3,(H,29,37)/t18-,22-,23+,27-/m0/s1. The highest BCUT2D eigenvalue weighted by atomic mass is 16.2. The number of aryl methyl sites for hydroxylation is 1. The third kappa shape index (κ3) is 4.59. The highest BCUT2D eigenvalue weighted by Gasteiger charge is 2.56. The van der Waals surface area contributed by atoms with Crippen LogP contribution in [0.3, 0.4) is 0 Å². The molecule has 3 heterocycles. The van der Waals surface area contributed by atoms with Gasteiger partial charge in [0.2, 0.25) is 17.7 Å². The lowest BCUT2D eigenvalue weighted by molar-refractivity contribution is -0.146. The number of carbonyl (C=O) groups is 3. The number of amides is 3. The zero-order valence-corrected chi connectivity index (χ0v) is 22.3. The molecule has 196 valence electrons. The van der Waals surface area contributed by atoms with Crippen molar-refractivity contribution in [1.29, 1.82) is 5.26 Å². The molecule has 0 aliphatic carbocycles. The lowest BCUT2D eigenvalue weighted by Gasteiger charge is -2.35. The van der Waals surface area contributed by atoms with Crippen molar-refractivity contribution in [2.45, 2.75) is 64.0 Å². The minimum Gasteiger partial charge on any atom is -0.333 e. The maximum atomic E-state index is 14.1. The van der Waals surface area contributed by atoms with E-state index in [9.17, 15) is 19.6 Å². The van der Waals surface area contributed by atoms with E-state index in [1.54, 1.807) is 25.0 Å². The monoisotopic (exact) mass is 505 g/mol. The summed E-state index contributed by atoms with van der Waals surface area (Å²) in [7, 11) is 3.39. The number of likely N-dealkylation sites (N-methyl/N-ethyl adjacent to an activating group) is 1. The third-order valence-corrected chi connectivity index (χ3v) is 7.58. The molecule has 0 saturated carbocycles. The lowest BCUT2D eigenvalue weighted by atomic mass is 9.80. The van der Waals surface area contributed by atoms with E-state index in [4.69, 9.17) is 0 Å². The van der Waals surface area contributed by atoms with E-state index >= 15 is 0 Å². The van der Waals surface area contributed by atoms with Crippen molar-refractivity contribution < 1.29 is 14.4 Å². The lowest BCUT2D eigenvalue weighted by Crippen LogP contribution is -2.53. The first kappa shape index (κ1) is 26.3. The number of aromatic nitrogens is 3. The maximum Gasteiger partial charge on any atom is 0.246 e. The van der Waals surface area contributed by atoms with Gasteiger partial charge in [-0.2, -0.15) is 5.26 Å². The number of para-hydroxylation sites is 1. The first-order chi connectivity index (χ1) is 17.5. The Morgan fingerprint density at radius 2 is 1.97 bits per heavy atom. The van der Waals surface area contributed by atoms with Gasteiger partial charge in [0.25, 0.3) is 0 Å². The maximum absolute atomic E-state index is 14.1. The quantitative estimate of drug-likeness (QED) is 0.616. The molecule has 0 radical (unpaired) electrons. The summed E-state index contributed by atoms with van der Waals surface area (Å²) in [5.41, 5.74) is 1.10.